The molecule has 0 fully saturated rings. The number of aromatic carboxylic acids is 1. The lowest BCUT2D eigenvalue weighted by molar-refractivity contribution is 0.0694. The fourth-order valence-corrected chi connectivity index (χ4v) is 3.91. The minimum absolute atomic E-state index is 0.248. The van der Waals surface area contributed by atoms with Crippen molar-refractivity contribution in [2.24, 2.45) is 0 Å². The van der Waals surface area contributed by atoms with E-state index in [1.54, 1.807) is 6.07 Å². The molecule has 1 aromatic heterocycles. The minimum Gasteiger partial charge on any atom is -0.478 e. The Hall–Kier alpha value is -2.92. The van der Waals surface area contributed by atoms with E-state index in [0.29, 0.717) is 24.3 Å². The van der Waals surface area contributed by atoms with Crippen LogP contribution in [0, 0.1) is 19.7 Å². The van der Waals surface area contributed by atoms with Crippen molar-refractivity contribution in [3.63, 3.8) is 0 Å². The SMILES string of the molecule is Cc1c(CNC(C)CCc2ccccc2)c(C(=O)O)c(C)n1Cc1cccc(F)c1. The van der Waals surface area contributed by atoms with Gasteiger partial charge >= 0.3 is 5.97 Å². The number of aromatic nitrogens is 1. The van der Waals surface area contributed by atoms with Gasteiger partial charge in [0.25, 0.3) is 0 Å². The summed E-state index contributed by atoms with van der Waals surface area (Å²) in [6.45, 7) is 6.80. The number of nitrogens with zero attached hydrogens (tertiary/aromatic N) is 1. The molecule has 0 aliphatic heterocycles. The van der Waals surface area contributed by atoms with Crippen LogP contribution >= 0.6 is 0 Å². The third-order valence-electron chi connectivity index (χ3n) is 5.69. The van der Waals surface area contributed by atoms with E-state index in [4.69, 9.17) is 0 Å². The number of nitrogens with one attached hydrogen (secondary N) is 1. The van der Waals surface area contributed by atoms with Crippen molar-refractivity contribution >= 4 is 5.97 Å². The van der Waals surface area contributed by atoms with E-state index in [0.717, 1.165) is 29.7 Å². The number of halogens is 1. The number of carbonyl (C=O) groups is 1. The van der Waals surface area contributed by atoms with Gasteiger partial charge in [-0.1, -0.05) is 42.5 Å². The lowest BCUT2D eigenvalue weighted by Crippen LogP contribution is -2.27. The van der Waals surface area contributed by atoms with E-state index in [2.05, 4.69) is 24.4 Å². The molecule has 0 amide bonds. The van der Waals surface area contributed by atoms with Crippen LogP contribution in [0.4, 0.5) is 4.39 Å². The normalized spacial score (nSPS) is 12.1. The quantitative estimate of drug-likeness (QED) is 0.518. The van der Waals surface area contributed by atoms with E-state index in [1.165, 1.54) is 17.7 Å². The summed E-state index contributed by atoms with van der Waals surface area (Å²) in [4.78, 5) is 12.0. The highest BCUT2D eigenvalue weighted by Crippen LogP contribution is 2.24. The number of aryl methyl sites for hydroxylation is 1. The first-order valence-corrected chi connectivity index (χ1v) is 10.3. The molecule has 0 aliphatic rings. The Balaban J connectivity index is 1.74. The highest BCUT2D eigenvalue weighted by Gasteiger charge is 2.23. The molecule has 158 valence electrons. The van der Waals surface area contributed by atoms with Crippen molar-refractivity contribution in [2.75, 3.05) is 0 Å². The molecule has 5 heteroatoms. The Morgan fingerprint density at radius 3 is 2.43 bits per heavy atom. The van der Waals surface area contributed by atoms with Gasteiger partial charge in [0.2, 0.25) is 0 Å². The van der Waals surface area contributed by atoms with E-state index >= 15 is 0 Å². The van der Waals surface area contributed by atoms with Crippen LogP contribution in [-0.2, 0) is 19.5 Å². The number of benzene rings is 2. The summed E-state index contributed by atoms with van der Waals surface area (Å²) in [5.74, 6) is -1.22. The van der Waals surface area contributed by atoms with E-state index in [1.807, 2.05) is 42.7 Å². The van der Waals surface area contributed by atoms with Gasteiger partial charge in [0, 0.05) is 36.1 Å². The van der Waals surface area contributed by atoms with Crippen molar-refractivity contribution < 1.29 is 14.3 Å². The fraction of sp³-hybridized carbons (Fsp3) is 0.320. The molecule has 1 atom stereocenters. The molecule has 2 N–H and O–H groups in total. The number of carboxylic acids is 1. The first kappa shape index (κ1) is 21.8. The Morgan fingerprint density at radius 2 is 1.77 bits per heavy atom. The minimum atomic E-state index is -0.928. The molecule has 4 nitrogen and oxygen atoms in total. The Kier molecular flexibility index (Phi) is 7.06. The molecule has 30 heavy (non-hydrogen) atoms. The number of carboxylic acid groups (broad SMARTS) is 1. The molecule has 0 saturated carbocycles. The zero-order chi connectivity index (χ0) is 21.7. The molecule has 0 radical (unpaired) electrons. The zero-order valence-electron chi connectivity index (χ0n) is 17.8. The van der Waals surface area contributed by atoms with Gasteiger partial charge in [-0.15, -0.1) is 0 Å². The van der Waals surface area contributed by atoms with Gasteiger partial charge in [0.15, 0.2) is 0 Å². The number of hydrogen-bond donors (Lipinski definition) is 2. The van der Waals surface area contributed by atoms with E-state index < -0.39 is 5.97 Å². The molecule has 0 saturated heterocycles. The van der Waals surface area contributed by atoms with Crippen LogP contribution in [0.1, 0.15) is 51.8 Å². The van der Waals surface area contributed by atoms with Crippen molar-refractivity contribution in [1.82, 2.24) is 9.88 Å². The van der Waals surface area contributed by atoms with Gasteiger partial charge in [0.05, 0.1) is 5.56 Å². The summed E-state index contributed by atoms with van der Waals surface area (Å²) in [6, 6.07) is 17.0. The first-order valence-electron chi connectivity index (χ1n) is 10.3. The second-order valence-corrected chi connectivity index (χ2v) is 7.85. The average molecular weight is 409 g/mol. The van der Waals surface area contributed by atoms with Gasteiger partial charge in [-0.05, 0) is 56.9 Å². The standard InChI is InChI=1S/C25H29FN2O2/c1-17(12-13-20-8-5-4-6-9-20)27-15-23-18(2)28(19(3)24(23)25(29)30)16-21-10-7-11-22(26)14-21/h4-11,14,17,27H,12-13,15-16H2,1-3H3,(H,29,30). The highest BCUT2D eigenvalue weighted by atomic mass is 19.1. The van der Waals surface area contributed by atoms with Crippen molar-refractivity contribution in [1.29, 1.82) is 0 Å². The van der Waals surface area contributed by atoms with Crippen LogP contribution in [0.2, 0.25) is 0 Å². The summed E-state index contributed by atoms with van der Waals surface area (Å²) in [7, 11) is 0. The Morgan fingerprint density at radius 1 is 1.07 bits per heavy atom. The molecular weight excluding hydrogens is 379 g/mol. The van der Waals surface area contributed by atoms with Crippen molar-refractivity contribution in [3.8, 4) is 0 Å². The summed E-state index contributed by atoms with van der Waals surface area (Å²) in [6.07, 6.45) is 1.94. The lowest BCUT2D eigenvalue weighted by atomic mass is 10.1. The van der Waals surface area contributed by atoms with Gasteiger partial charge in [-0.3, -0.25) is 0 Å². The summed E-state index contributed by atoms with van der Waals surface area (Å²) in [5, 5.41) is 13.3. The van der Waals surface area contributed by atoms with Crippen molar-refractivity contribution in [2.45, 2.75) is 52.7 Å². The molecule has 2 aromatic carbocycles. The second kappa shape index (κ2) is 9.72. The molecule has 1 heterocycles. The van der Waals surface area contributed by atoms with Gasteiger partial charge in [0.1, 0.15) is 5.82 Å². The van der Waals surface area contributed by atoms with Crippen LogP contribution in [0.5, 0.6) is 0 Å². The monoisotopic (exact) mass is 408 g/mol. The first-order chi connectivity index (χ1) is 14.4. The lowest BCUT2D eigenvalue weighted by Gasteiger charge is -2.15. The summed E-state index contributed by atoms with van der Waals surface area (Å²) < 4.78 is 15.5. The topological polar surface area (TPSA) is 54.3 Å². The molecule has 0 bridgehead atoms. The molecule has 3 aromatic rings. The molecule has 0 aliphatic carbocycles. The van der Waals surface area contributed by atoms with Crippen LogP contribution < -0.4 is 5.32 Å². The maximum Gasteiger partial charge on any atom is 0.337 e. The predicted octanol–water partition coefficient (Wildman–Crippen LogP) is 5.10. The number of hydrogen-bond acceptors (Lipinski definition) is 2. The third kappa shape index (κ3) is 5.16. The summed E-state index contributed by atoms with van der Waals surface area (Å²) in [5.41, 5.74) is 4.83. The Labute approximate surface area is 177 Å². The van der Waals surface area contributed by atoms with E-state index in [9.17, 15) is 14.3 Å². The Bertz CT molecular complexity index is 1010. The van der Waals surface area contributed by atoms with Gasteiger partial charge in [-0.25, -0.2) is 9.18 Å². The zero-order valence-corrected chi connectivity index (χ0v) is 17.8. The molecular formula is C25H29FN2O2. The maximum absolute atomic E-state index is 13.6. The van der Waals surface area contributed by atoms with Gasteiger partial charge < -0.3 is 15.0 Å². The van der Waals surface area contributed by atoms with Crippen LogP contribution in [0.15, 0.2) is 54.6 Å². The molecule has 3 rings (SSSR count). The second-order valence-electron chi connectivity index (χ2n) is 7.85. The van der Waals surface area contributed by atoms with Gasteiger partial charge in [-0.2, -0.15) is 0 Å². The number of rotatable bonds is 9. The van der Waals surface area contributed by atoms with Crippen molar-refractivity contribution in [3.05, 3.63) is 94.1 Å². The van der Waals surface area contributed by atoms with Crippen LogP contribution in [0.25, 0.3) is 0 Å². The summed E-state index contributed by atoms with van der Waals surface area (Å²) >= 11 is 0. The maximum atomic E-state index is 13.6. The largest absolute Gasteiger partial charge is 0.478 e. The average Bonchev–Trinajstić information content (AvgIpc) is 2.96. The third-order valence-corrected chi connectivity index (χ3v) is 5.69. The van der Waals surface area contributed by atoms with Crippen LogP contribution in [0.3, 0.4) is 0 Å². The highest BCUT2D eigenvalue weighted by molar-refractivity contribution is 5.91. The molecule has 1 unspecified atom stereocenters. The smallest absolute Gasteiger partial charge is 0.337 e. The predicted molar refractivity (Wildman–Crippen MR) is 117 cm³/mol. The van der Waals surface area contributed by atoms with E-state index in [-0.39, 0.29) is 11.9 Å². The molecule has 0 spiro atoms. The van der Waals surface area contributed by atoms with Crippen LogP contribution in [-0.4, -0.2) is 21.7 Å². The fourth-order valence-electron chi connectivity index (χ4n) is 3.91.